The molecule has 1 aromatic carbocycles. The van der Waals surface area contributed by atoms with Gasteiger partial charge in [-0.05, 0) is 29.2 Å². The molecule has 2 heterocycles. The molecule has 0 fully saturated rings. The molecule has 0 saturated heterocycles. The first-order valence-corrected chi connectivity index (χ1v) is 6.29. The van der Waals surface area contributed by atoms with E-state index in [0.29, 0.717) is 12.1 Å². The molecule has 2 aliphatic heterocycles. The first-order chi connectivity index (χ1) is 8.74. The molecule has 0 unspecified atom stereocenters. The van der Waals surface area contributed by atoms with Crippen LogP contribution < -0.4 is 0 Å². The van der Waals surface area contributed by atoms with Crippen molar-refractivity contribution in [1.29, 1.82) is 0 Å². The molecule has 0 bridgehead atoms. The summed E-state index contributed by atoms with van der Waals surface area (Å²) in [7, 11) is 0. The van der Waals surface area contributed by atoms with Crippen molar-refractivity contribution in [3.63, 3.8) is 0 Å². The van der Waals surface area contributed by atoms with Gasteiger partial charge in [0.1, 0.15) is 5.82 Å². The van der Waals surface area contributed by atoms with E-state index in [-0.39, 0.29) is 11.7 Å². The van der Waals surface area contributed by atoms with E-state index in [9.17, 15) is 9.18 Å². The molecule has 3 nitrogen and oxygen atoms in total. The van der Waals surface area contributed by atoms with Crippen molar-refractivity contribution < 1.29 is 9.18 Å². The standard InChI is InChI=1S/C13H9FN2OS/c14-11-3-1-9(2-4-11)7-10-8-15-13-16(12(10)17)5-6-18-13/h1-7H,8H2/b10-7+. The van der Waals surface area contributed by atoms with Crippen molar-refractivity contribution in [1.82, 2.24) is 4.90 Å². The van der Waals surface area contributed by atoms with Gasteiger partial charge in [-0.1, -0.05) is 23.9 Å². The van der Waals surface area contributed by atoms with E-state index in [1.807, 2.05) is 5.41 Å². The summed E-state index contributed by atoms with van der Waals surface area (Å²) in [5.74, 6) is -0.350. The van der Waals surface area contributed by atoms with E-state index in [2.05, 4.69) is 4.99 Å². The minimum atomic E-state index is -0.286. The number of hydrogen-bond donors (Lipinski definition) is 0. The van der Waals surface area contributed by atoms with Gasteiger partial charge in [0.05, 0.1) is 6.54 Å². The molecule has 3 rings (SSSR count). The Morgan fingerprint density at radius 3 is 2.89 bits per heavy atom. The van der Waals surface area contributed by atoms with E-state index >= 15 is 0 Å². The van der Waals surface area contributed by atoms with Crippen molar-refractivity contribution in [2.24, 2.45) is 4.99 Å². The van der Waals surface area contributed by atoms with Gasteiger partial charge < -0.3 is 0 Å². The lowest BCUT2D eigenvalue weighted by Gasteiger charge is -2.20. The van der Waals surface area contributed by atoms with Gasteiger partial charge in [0, 0.05) is 11.8 Å². The summed E-state index contributed by atoms with van der Waals surface area (Å²) >= 11 is 1.44. The zero-order chi connectivity index (χ0) is 12.5. The maximum Gasteiger partial charge on any atom is 0.261 e. The largest absolute Gasteiger partial charge is 0.269 e. The Morgan fingerprint density at radius 2 is 2.11 bits per heavy atom. The second-order valence-electron chi connectivity index (χ2n) is 3.90. The number of nitrogens with zero attached hydrogens (tertiary/aromatic N) is 2. The predicted molar refractivity (Wildman–Crippen MR) is 70.3 cm³/mol. The first-order valence-electron chi connectivity index (χ1n) is 5.41. The number of amides is 1. The normalized spacial score (nSPS) is 20.3. The smallest absolute Gasteiger partial charge is 0.261 e. The van der Waals surface area contributed by atoms with Crippen molar-refractivity contribution in [2.75, 3.05) is 6.54 Å². The fourth-order valence-corrected chi connectivity index (χ4v) is 2.48. The lowest BCUT2D eigenvalue weighted by molar-refractivity contribution is -0.121. The average molecular weight is 260 g/mol. The monoisotopic (exact) mass is 260 g/mol. The Labute approximate surface area is 108 Å². The highest BCUT2D eigenvalue weighted by molar-refractivity contribution is 8.16. The third kappa shape index (κ3) is 1.97. The van der Waals surface area contributed by atoms with Gasteiger partial charge in [-0.3, -0.25) is 14.7 Å². The number of carbonyl (C=O) groups excluding carboxylic acids is 1. The van der Waals surface area contributed by atoms with Crippen LogP contribution in [-0.4, -0.2) is 22.5 Å². The average Bonchev–Trinajstić information content (AvgIpc) is 2.84. The Kier molecular flexibility index (Phi) is 2.76. The number of amidine groups is 1. The summed E-state index contributed by atoms with van der Waals surface area (Å²) in [4.78, 5) is 18.0. The number of aliphatic imine (C=N–C) groups is 1. The number of carbonyl (C=O) groups is 1. The minimum absolute atomic E-state index is 0.0643. The summed E-state index contributed by atoms with van der Waals surface area (Å²) in [6, 6.07) is 6.03. The van der Waals surface area contributed by atoms with Crippen LogP contribution in [0, 0.1) is 5.82 Å². The summed E-state index contributed by atoms with van der Waals surface area (Å²) in [6.07, 6.45) is 3.46. The lowest BCUT2D eigenvalue weighted by atomic mass is 10.1. The van der Waals surface area contributed by atoms with Crippen LogP contribution in [-0.2, 0) is 4.79 Å². The molecular formula is C13H9FN2OS. The lowest BCUT2D eigenvalue weighted by Crippen LogP contribution is -2.33. The maximum atomic E-state index is 12.8. The van der Waals surface area contributed by atoms with Gasteiger partial charge in [0.25, 0.3) is 5.91 Å². The van der Waals surface area contributed by atoms with Crippen molar-refractivity contribution in [3.05, 3.63) is 52.8 Å². The molecule has 18 heavy (non-hydrogen) atoms. The highest BCUT2D eigenvalue weighted by Crippen LogP contribution is 2.26. The second-order valence-corrected chi connectivity index (χ2v) is 4.77. The first kappa shape index (κ1) is 11.2. The molecule has 0 saturated carbocycles. The number of halogens is 1. The number of rotatable bonds is 1. The van der Waals surface area contributed by atoms with Gasteiger partial charge in [-0.2, -0.15) is 0 Å². The van der Waals surface area contributed by atoms with Crippen LogP contribution in [0.1, 0.15) is 5.56 Å². The summed E-state index contributed by atoms with van der Waals surface area (Å²) in [5.41, 5.74) is 1.41. The van der Waals surface area contributed by atoms with Crippen LogP contribution in [0.3, 0.4) is 0 Å². The van der Waals surface area contributed by atoms with Crippen LogP contribution in [0.15, 0.2) is 46.4 Å². The molecule has 0 aliphatic carbocycles. The summed E-state index contributed by atoms with van der Waals surface area (Å²) in [6.45, 7) is 0.372. The summed E-state index contributed by atoms with van der Waals surface area (Å²) < 4.78 is 12.8. The van der Waals surface area contributed by atoms with Crippen molar-refractivity contribution in [3.8, 4) is 0 Å². The molecule has 5 heteroatoms. The Hall–Kier alpha value is -1.88. The molecule has 2 aliphatic rings. The Balaban J connectivity index is 1.91. The van der Waals surface area contributed by atoms with Crippen molar-refractivity contribution >= 4 is 28.9 Å². The van der Waals surface area contributed by atoms with E-state index in [4.69, 9.17) is 0 Å². The molecule has 1 amide bonds. The van der Waals surface area contributed by atoms with Crippen molar-refractivity contribution in [2.45, 2.75) is 0 Å². The molecular weight excluding hydrogens is 251 g/mol. The van der Waals surface area contributed by atoms with E-state index in [1.165, 1.54) is 28.8 Å². The van der Waals surface area contributed by atoms with Crippen LogP contribution in [0.4, 0.5) is 4.39 Å². The number of benzene rings is 1. The quantitative estimate of drug-likeness (QED) is 0.727. The van der Waals surface area contributed by atoms with E-state index in [0.717, 1.165) is 10.7 Å². The topological polar surface area (TPSA) is 32.7 Å². The molecule has 0 radical (unpaired) electrons. The van der Waals surface area contributed by atoms with Crippen LogP contribution in [0.5, 0.6) is 0 Å². The fraction of sp³-hybridized carbons (Fsp3) is 0.0769. The van der Waals surface area contributed by atoms with Crippen LogP contribution in [0.25, 0.3) is 6.08 Å². The molecule has 0 atom stereocenters. The Morgan fingerprint density at radius 1 is 1.33 bits per heavy atom. The highest BCUT2D eigenvalue weighted by atomic mass is 32.2. The summed E-state index contributed by atoms with van der Waals surface area (Å²) in [5, 5.41) is 2.55. The molecule has 1 aromatic rings. The van der Waals surface area contributed by atoms with Gasteiger partial charge in [-0.15, -0.1) is 0 Å². The van der Waals surface area contributed by atoms with Gasteiger partial charge in [-0.25, -0.2) is 4.39 Å². The minimum Gasteiger partial charge on any atom is -0.269 e. The fourth-order valence-electron chi connectivity index (χ4n) is 1.78. The zero-order valence-corrected chi connectivity index (χ0v) is 10.2. The third-order valence-electron chi connectivity index (χ3n) is 2.68. The van der Waals surface area contributed by atoms with E-state index < -0.39 is 0 Å². The van der Waals surface area contributed by atoms with Crippen LogP contribution in [0.2, 0.25) is 0 Å². The number of hydrogen-bond acceptors (Lipinski definition) is 3. The third-order valence-corrected chi connectivity index (χ3v) is 3.47. The van der Waals surface area contributed by atoms with Gasteiger partial charge in [0.15, 0.2) is 5.17 Å². The van der Waals surface area contributed by atoms with Gasteiger partial charge in [0.2, 0.25) is 0 Å². The van der Waals surface area contributed by atoms with E-state index in [1.54, 1.807) is 24.4 Å². The SMILES string of the molecule is O=C1/C(=C/c2ccc(F)cc2)CN=C2SC=CN12. The molecule has 0 aromatic heterocycles. The zero-order valence-electron chi connectivity index (χ0n) is 9.34. The number of thioether (sulfide) groups is 1. The molecule has 0 spiro atoms. The predicted octanol–water partition coefficient (Wildman–Crippen LogP) is 2.63. The Bertz CT molecular complexity index is 590. The number of fused-ring (bicyclic) bond motifs is 1. The highest BCUT2D eigenvalue weighted by Gasteiger charge is 2.28. The van der Waals surface area contributed by atoms with Crippen LogP contribution >= 0.6 is 11.8 Å². The molecule has 0 N–H and O–H groups in total. The van der Waals surface area contributed by atoms with Gasteiger partial charge >= 0.3 is 0 Å². The second kappa shape index (κ2) is 4.42. The maximum absolute atomic E-state index is 12.8. The molecule has 90 valence electrons.